The Labute approximate surface area is 120 Å². The Morgan fingerprint density at radius 3 is 2.70 bits per heavy atom. The summed E-state index contributed by atoms with van der Waals surface area (Å²) in [7, 11) is 0. The molecule has 3 N–H and O–H groups in total. The smallest absolute Gasteiger partial charge is 0.251 e. The van der Waals surface area contributed by atoms with E-state index >= 15 is 0 Å². The molecule has 1 saturated carbocycles. The molecule has 1 aromatic rings. The van der Waals surface area contributed by atoms with E-state index in [1.165, 1.54) is 25.7 Å². The van der Waals surface area contributed by atoms with Crippen LogP contribution in [0.3, 0.4) is 0 Å². The summed E-state index contributed by atoms with van der Waals surface area (Å²) in [6, 6.07) is 5.17. The number of carbonyl (C=O) groups is 1. The predicted molar refractivity (Wildman–Crippen MR) is 80.9 cm³/mol. The molecular weight excluding hydrogens is 252 g/mol. The third-order valence-corrected chi connectivity index (χ3v) is 3.99. The minimum atomic E-state index is -0.0774. The SMILES string of the molecule is CCOc1cc(N)cc(C(=O)NCC2(C)CCCC2)c1. The molecule has 0 saturated heterocycles. The van der Waals surface area contributed by atoms with Crippen LogP contribution >= 0.6 is 0 Å². The maximum Gasteiger partial charge on any atom is 0.251 e. The normalized spacial score (nSPS) is 16.9. The molecule has 0 aliphatic heterocycles. The summed E-state index contributed by atoms with van der Waals surface area (Å²) in [6.45, 7) is 5.43. The molecule has 0 bridgehead atoms. The quantitative estimate of drug-likeness (QED) is 0.813. The van der Waals surface area contributed by atoms with E-state index in [0.717, 1.165) is 6.54 Å². The maximum absolute atomic E-state index is 12.2. The van der Waals surface area contributed by atoms with E-state index in [0.29, 0.717) is 23.6 Å². The first-order valence-corrected chi connectivity index (χ1v) is 7.34. The fourth-order valence-corrected chi connectivity index (χ4v) is 2.80. The number of nitrogens with two attached hydrogens (primary N) is 1. The van der Waals surface area contributed by atoms with Gasteiger partial charge in [0.25, 0.3) is 5.91 Å². The van der Waals surface area contributed by atoms with E-state index in [1.54, 1.807) is 18.2 Å². The molecule has 4 nitrogen and oxygen atoms in total. The number of ether oxygens (including phenoxy) is 1. The van der Waals surface area contributed by atoms with E-state index in [4.69, 9.17) is 10.5 Å². The number of nitrogens with one attached hydrogen (secondary N) is 1. The van der Waals surface area contributed by atoms with Crippen molar-refractivity contribution < 1.29 is 9.53 Å². The molecule has 20 heavy (non-hydrogen) atoms. The number of anilines is 1. The van der Waals surface area contributed by atoms with Gasteiger partial charge in [0.05, 0.1) is 6.61 Å². The van der Waals surface area contributed by atoms with Crippen LogP contribution in [0.4, 0.5) is 5.69 Å². The van der Waals surface area contributed by atoms with Gasteiger partial charge < -0.3 is 15.8 Å². The van der Waals surface area contributed by atoms with Crippen LogP contribution in [-0.2, 0) is 0 Å². The molecule has 2 rings (SSSR count). The minimum absolute atomic E-state index is 0.0774. The van der Waals surface area contributed by atoms with Crippen LogP contribution in [0, 0.1) is 5.41 Å². The monoisotopic (exact) mass is 276 g/mol. The number of benzene rings is 1. The summed E-state index contributed by atoms with van der Waals surface area (Å²) >= 11 is 0. The molecule has 1 aromatic carbocycles. The number of hydrogen-bond donors (Lipinski definition) is 2. The lowest BCUT2D eigenvalue weighted by molar-refractivity contribution is 0.0934. The maximum atomic E-state index is 12.2. The molecule has 0 aromatic heterocycles. The number of nitrogen functional groups attached to an aromatic ring is 1. The molecule has 1 amide bonds. The molecular formula is C16H24N2O2. The Morgan fingerprint density at radius 1 is 1.35 bits per heavy atom. The van der Waals surface area contributed by atoms with E-state index in [2.05, 4.69) is 12.2 Å². The van der Waals surface area contributed by atoms with Crippen molar-refractivity contribution in [3.05, 3.63) is 23.8 Å². The van der Waals surface area contributed by atoms with Crippen LogP contribution < -0.4 is 15.8 Å². The van der Waals surface area contributed by atoms with Gasteiger partial charge in [-0.2, -0.15) is 0 Å². The Hall–Kier alpha value is -1.71. The highest BCUT2D eigenvalue weighted by atomic mass is 16.5. The van der Waals surface area contributed by atoms with E-state index in [-0.39, 0.29) is 11.3 Å². The van der Waals surface area contributed by atoms with Crippen molar-refractivity contribution in [2.45, 2.75) is 39.5 Å². The second-order valence-electron chi connectivity index (χ2n) is 5.92. The van der Waals surface area contributed by atoms with Crippen molar-refractivity contribution in [3.8, 4) is 5.75 Å². The largest absolute Gasteiger partial charge is 0.494 e. The van der Waals surface area contributed by atoms with Crippen molar-refractivity contribution in [2.75, 3.05) is 18.9 Å². The van der Waals surface area contributed by atoms with Crippen molar-refractivity contribution in [2.24, 2.45) is 5.41 Å². The van der Waals surface area contributed by atoms with Crippen LogP contribution in [0.5, 0.6) is 5.75 Å². The highest BCUT2D eigenvalue weighted by Crippen LogP contribution is 2.36. The summed E-state index contributed by atoms with van der Waals surface area (Å²) in [5.74, 6) is 0.566. The van der Waals surface area contributed by atoms with Gasteiger partial charge in [-0.05, 0) is 37.3 Å². The molecule has 0 spiro atoms. The summed E-state index contributed by atoms with van der Waals surface area (Å²) in [4.78, 5) is 12.2. The van der Waals surface area contributed by atoms with E-state index in [9.17, 15) is 4.79 Å². The van der Waals surface area contributed by atoms with Gasteiger partial charge in [0.1, 0.15) is 5.75 Å². The molecule has 0 unspecified atom stereocenters. The average Bonchev–Trinajstić information content (AvgIpc) is 2.83. The summed E-state index contributed by atoms with van der Waals surface area (Å²) < 4.78 is 5.42. The molecule has 0 atom stereocenters. The number of carbonyl (C=O) groups excluding carboxylic acids is 1. The summed E-state index contributed by atoms with van der Waals surface area (Å²) in [5.41, 5.74) is 7.17. The Bertz CT molecular complexity index is 479. The lowest BCUT2D eigenvalue weighted by atomic mass is 9.89. The number of hydrogen-bond acceptors (Lipinski definition) is 3. The zero-order chi connectivity index (χ0) is 14.6. The molecule has 0 radical (unpaired) electrons. The molecule has 1 fully saturated rings. The topological polar surface area (TPSA) is 64.3 Å². The molecule has 1 aliphatic carbocycles. The van der Waals surface area contributed by atoms with Crippen molar-refractivity contribution in [1.82, 2.24) is 5.32 Å². The van der Waals surface area contributed by atoms with Gasteiger partial charge in [-0.3, -0.25) is 4.79 Å². The van der Waals surface area contributed by atoms with Gasteiger partial charge in [-0.15, -0.1) is 0 Å². The fourth-order valence-electron chi connectivity index (χ4n) is 2.80. The summed E-state index contributed by atoms with van der Waals surface area (Å²) in [5, 5.41) is 3.03. The fraction of sp³-hybridized carbons (Fsp3) is 0.562. The predicted octanol–water partition coefficient (Wildman–Crippen LogP) is 2.98. The number of amides is 1. The molecule has 1 aliphatic rings. The first kappa shape index (κ1) is 14.7. The van der Waals surface area contributed by atoms with Gasteiger partial charge in [0.15, 0.2) is 0 Å². The van der Waals surface area contributed by atoms with E-state index < -0.39 is 0 Å². The van der Waals surface area contributed by atoms with Gasteiger partial charge in [0.2, 0.25) is 0 Å². The Kier molecular flexibility index (Phi) is 4.53. The zero-order valence-electron chi connectivity index (χ0n) is 12.4. The standard InChI is InChI=1S/C16H24N2O2/c1-3-20-14-9-12(8-13(17)10-14)15(19)18-11-16(2)6-4-5-7-16/h8-10H,3-7,11,17H2,1-2H3,(H,18,19). The number of rotatable bonds is 5. The van der Waals surface area contributed by atoms with Crippen LogP contribution in [0.1, 0.15) is 49.9 Å². The van der Waals surface area contributed by atoms with Crippen LogP contribution in [0.25, 0.3) is 0 Å². The van der Waals surface area contributed by atoms with Gasteiger partial charge in [0, 0.05) is 23.9 Å². The van der Waals surface area contributed by atoms with Crippen LogP contribution in [0.2, 0.25) is 0 Å². The lowest BCUT2D eigenvalue weighted by Gasteiger charge is -2.23. The van der Waals surface area contributed by atoms with Crippen molar-refractivity contribution in [3.63, 3.8) is 0 Å². The highest BCUT2D eigenvalue weighted by Gasteiger charge is 2.29. The average molecular weight is 276 g/mol. The van der Waals surface area contributed by atoms with E-state index in [1.807, 2.05) is 6.92 Å². The second kappa shape index (κ2) is 6.16. The van der Waals surface area contributed by atoms with Gasteiger partial charge >= 0.3 is 0 Å². The first-order chi connectivity index (χ1) is 9.52. The molecule has 110 valence electrons. The van der Waals surface area contributed by atoms with Gasteiger partial charge in [-0.25, -0.2) is 0 Å². The first-order valence-electron chi connectivity index (χ1n) is 7.34. The highest BCUT2D eigenvalue weighted by molar-refractivity contribution is 5.95. The lowest BCUT2D eigenvalue weighted by Crippen LogP contribution is -2.34. The molecule has 0 heterocycles. The van der Waals surface area contributed by atoms with Crippen LogP contribution in [-0.4, -0.2) is 19.1 Å². The third-order valence-electron chi connectivity index (χ3n) is 3.99. The second-order valence-corrected chi connectivity index (χ2v) is 5.92. The third kappa shape index (κ3) is 3.65. The van der Waals surface area contributed by atoms with Crippen molar-refractivity contribution >= 4 is 11.6 Å². The minimum Gasteiger partial charge on any atom is -0.494 e. The Balaban J connectivity index is 2.01. The van der Waals surface area contributed by atoms with Crippen molar-refractivity contribution in [1.29, 1.82) is 0 Å². The zero-order valence-corrected chi connectivity index (χ0v) is 12.4. The summed E-state index contributed by atoms with van der Waals surface area (Å²) in [6.07, 6.45) is 4.90. The van der Waals surface area contributed by atoms with Crippen LogP contribution in [0.15, 0.2) is 18.2 Å². The van der Waals surface area contributed by atoms with Gasteiger partial charge in [-0.1, -0.05) is 19.8 Å². The molecule has 4 heteroatoms. The Morgan fingerprint density at radius 2 is 2.05 bits per heavy atom.